The first kappa shape index (κ1) is 12.9. The SMILES string of the molecule is NCCCS(=O)(=O)Cc1ccc(I)cc1. The van der Waals surface area contributed by atoms with Crippen LogP contribution in [0.2, 0.25) is 0 Å². The van der Waals surface area contributed by atoms with Crippen molar-refractivity contribution in [3.63, 3.8) is 0 Å². The zero-order valence-corrected chi connectivity index (χ0v) is 11.3. The Hall–Kier alpha value is -0.140. The highest BCUT2D eigenvalue weighted by atomic mass is 127. The van der Waals surface area contributed by atoms with Crippen molar-refractivity contribution in [2.45, 2.75) is 12.2 Å². The van der Waals surface area contributed by atoms with Gasteiger partial charge >= 0.3 is 0 Å². The molecule has 3 nitrogen and oxygen atoms in total. The van der Waals surface area contributed by atoms with Crippen LogP contribution in [0.5, 0.6) is 0 Å². The minimum atomic E-state index is -2.99. The second kappa shape index (κ2) is 5.81. The summed E-state index contributed by atoms with van der Waals surface area (Å²) in [7, 11) is -2.99. The maximum absolute atomic E-state index is 11.6. The fraction of sp³-hybridized carbons (Fsp3) is 0.400. The van der Waals surface area contributed by atoms with Crippen molar-refractivity contribution in [1.29, 1.82) is 0 Å². The molecule has 1 aromatic rings. The molecule has 0 bridgehead atoms. The lowest BCUT2D eigenvalue weighted by atomic mass is 10.2. The average molecular weight is 339 g/mol. The van der Waals surface area contributed by atoms with Crippen LogP contribution in [0.3, 0.4) is 0 Å². The van der Waals surface area contributed by atoms with E-state index >= 15 is 0 Å². The van der Waals surface area contributed by atoms with Crippen LogP contribution in [-0.2, 0) is 15.6 Å². The summed E-state index contributed by atoms with van der Waals surface area (Å²) < 4.78 is 24.3. The van der Waals surface area contributed by atoms with Crippen molar-refractivity contribution < 1.29 is 8.42 Å². The largest absolute Gasteiger partial charge is 0.330 e. The first-order valence-electron chi connectivity index (χ1n) is 4.68. The number of benzene rings is 1. The van der Waals surface area contributed by atoms with E-state index in [9.17, 15) is 8.42 Å². The van der Waals surface area contributed by atoms with E-state index < -0.39 is 9.84 Å². The molecule has 0 atom stereocenters. The monoisotopic (exact) mass is 339 g/mol. The predicted octanol–water partition coefficient (Wildman–Crippen LogP) is 1.55. The summed E-state index contributed by atoms with van der Waals surface area (Å²) in [5.41, 5.74) is 6.12. The Morgan fingerprint density at radius 2 is 1.80 bits per heavy atom. The lowest BCUT2D eigenvalue weighted by molar-refractivity contribution is 0.593. The Morgan fingerprint density at radius 1 is 1.20 bits per heavy atom. The summed E-state index contributed by atoms with van der Waals surface area (Å²) in [6.07, 6.45) is 0.534. The Bertz CT molecular complexity index is 400. The minimum absolute atomic E-state index is 0.115. The highest BCUT2D eigenvalue weighted by Gasteiger charge is 2.10. The molecule has 15 heavy (non-hydrogen) atoms. The van der Waals surface area contributed by atoms with Crippen LogP contribution in [0, 0.1) is 3.57 Å². The van der Waals surface area contributed by atoms with Gasteiger partial charge in [0.05, 0.1) is 11.5 Å². The molecule has 84 valence electrons. The van der Waals surface area contributed by atoms with Gasteiger partial charge in [-0.05, 0) is 53.3 Å². The fourth-order valence-electron chi connectivity index (χ4n) is 1.21. The number of halogens is 1. The second-order valence-electron chi connectivity index (χ2n) is 3.36. The smallest absolute Gasteiger partial charge is 0.154 e. The van der Waals surface area contributed by atoms with E-state index in [1.165, 1.54) is 0 Å². The van der Waals surface area contributed by atoms with Crippen molar-refractivity contribution >= 4 is 32.4 Å². The third-order valence-corrected chi connectivity index (χ3v) is 4.36. The van der Waals surface area contributed by atoms with Gasteiger partial charge in [0.1, 0.15) is 0 Å². The molecule has 1 aromatic carbocycles. The first-order valence-corrected chi connectivity index (χ1v) is 7.58. The predicted molar refractivity (Wildman–Crippen MR) is 70.3 cm³/mol. The minimum Gasteiger partial charge on any atom is -0.330 e. The molecule has 0 aromatic heterocycles. The molecule has 0 aliphatic carbocycles. The topological polar surface area (TPSA) is 60.2 Å². The molecule has 0 aliphatic heterocycles. The molecule has 0 unspecified atom stereocenters. The van der Waals surface area contributed by atoms with E-state index in [0.29, 0.717) is 13.0 Å². The number of nitrogens with two attached hydrogens (primary N) is 1. The third-order valence-electron chi connectivity index (χ3n) is 1.96. The third kappa shape index (κ3) is 4.94. The summed E-state index contributed by atoms with van der Waals surface area (Å²) in [4.78, 5) is 0. The molecule has 0 spiro atoms. The van der Waals surface area contributed by atoms with Crippen molar-refractivity contribution in [3.05, 3.63) is 33.4 Å². The molecule has 1 rings (SSSR count). The molecule has 0 radical (unpaired) electrons. The summed E-state index contributed by atoms with van der Waals surface area (Å²) in [5, 5.41) is 0. The molecule has 0 aliphatic rings. The van der Waals surface area contributed by atoms with E-state index in [-0.39, 0.29) is 11.5 Å². The number of rotatable bonds is 5. The lowest BCUT2D eigenvalue weighted by Crippen LogP contribution is -2.13. The highest BCUT2D eigenvalue weighted by molar-refractivity contribution is 14.1. The van der Waals surface area contributed by atoms with Crippen LogP contribution in [-0.4, -0.2) is 20.7 Å². The van der Waals surface area contributed by atoms with Gasteiger partial charge in [0.25, 0.3) is 0 Å². The Labute approximate surface area is 104 Å². The molecule has 0 saturated carbocycles. The van der Waals surface area contributed by atoms with E-state index in [1.54, 1.807) is 0 Å². The quantitative estimate of drug-likeness (QED) is 0.828. The molecule has 0 saturated heterocycles. The van der Waals surface area contributed by atoms with Crippen molar-refractivity contribution in [3.8, 4) is 0 Å². The van der Waals surface area contributed by atoms with Gasteiger partial charge in [-0.15, -0.1) is 0 Å². The Balaban J connectivity index is 2.65. The van der Waals surface area contributed by atoms with Gasteiger partial charge in [-0.3, -0.25) is 0 Å². The van der Waals surface area contributed by atoms with E-state index in [2.05, 4.69) is 22.6 Å². The maximum atomic E-state index is 11.6. The molecule has 0 fully saturated rings. The lowest BCUT2D eigenvalue weighted by Gasteiger charge is -2.03. The van der Waals surface area contributed by atoms with Gasteiger partial charge in [0.15, 0.2) is 9.84 Å². The van der Waals surface area contributed by atoms with Crippen molar-refractivity contribution in [1.82, 2.24) is 0 Å². The van der Waals surface area contributed by atoms with Gasteiger partial charge in [-0.2, -0.15) is 0 Å². The van der Waals surface area contributed by atoms with E-state index in [0.717, 1.165) is 9.13 Å². The Kier molecular flexibility index (Phi) is 5.01. The van der Waals surface area contributed by atoms with Gasteiger partial charge in [-0.1, -0.05) is 12.1 Å². The standard InChI is InChI=1S/C10H14INO2S/c11-10-4-2-9(3-5-10)8-15(13,14)7-1-6-12/h2-5H,1,6-8,12H2. The fourth-order valence-corrected chi connectivity index (χ4v) is 3.02. The number of sulfone groups is 1. The summed E-state index contributed by atoms with van der Waals surface area (Å²) in [6, 6.07) is 7.52. The molecular weight excluding hydrogens is 325 g/mol. The van der Waals surface area contributed by atoms with Crippen LogP contribution >= 0.6 is 22.6 Å². The van der Waals surface area contributed by atoms with Crippen LogP contribution in [0.15, 0.2) is 24.3 Å². The highest BCUT2D eigenvalue weighted by Crippen LogP contribution is 2.10. The zero-order valence-electron chi connectivity index (χ0n) is 8.32. The van der Waals surface area contributed by atoms with Gasteiger partial charge in [0, 0.05) is 3.57 Å². The normalized spacial score (nSPS) is 11.6. The van der Waals surface area contributed by atoms with Crippen molar-refractivity contribution in [2.75, 3.05) is 12.3 Å². The van der Waals surface area contributed by atoms with Gasteiger partial charge < -0.3 is 5.73 Å². The first-order chi connectivity index (χ1) is 7.03. The van der Waals surface area contributed by atoms with Gasteiger partial charge in [-0.25, -0.2) is 8.42 Å². The Morgan fingerprint density at radius 3 is 2.33 bits per heavy atom. The average Bonchev–Trinajstić information content (AvgIpc) is 2.18. The van der Waals surface area contributed by atoms with E-state index in [4.69, 9.17) is 5.73 Å². The van der Waals surface area contributed by atoms with Crippen molar-refractivity contribution in [2.24, 2.45) is 5.73 Å². The zero-order chi connectivity index (χ0) is 11.3. The second-order valence-corrected chi connectivity index (χ2v) is 6.79. The molecular formula is C10H14INO2S. The number of hydrogen-bond acceptors (Lipinski definition) is 3. The van der Waals surface area contributed by atoms with E-state index in [1.807, 2.05) is 24.3 Å². The molecule has 5 heteroatoms. The summed E-state index contributed by atoms with van der Waals surface area (Å²) >= 11 is 2.19. The molecule has 0 amide bonds. The van der Waals surface area contributed by atoms with Gasteiger partial charge in [0.2, 0.25) is 0 Å². The van der Waals surface area contributed by atoms with Crippen LogP contribution in [0.1, 0.15) is 12.0 Å². The molecule has 2 N–H and O–H groups in total. The summed E-state index contributed by atoms with van der Waals surface area (Å²) in [6.45, 7) is 0.423. The summed E-state index contributed by atoms with van der Waals surface area (Å²) in [5.74, 6) is 0.291. The maximum Gasteiger partial charge on any atom is 0.154 e. The number of hydrogen-bond donors (Lipinski definition) is 1. The van der Waals surface area contributed by atoms with Crippen LogP contribution in [0.4, 0.5) is 0 Å². The molecule has 0 heterocycles. The van der Waals surface area contributed by atoms with Crippen LogP contribution in [0.25, 0.3) is 0 Å². The van der Waals surface area contributed by atoms with Crippen LogP contribution < -0.4 is 5.73 Å².